The largest absolute Gasteiger partial charge is 0.394 e. The summed E-state index contributed by atoms with van der Waals surface area (Å²) in [7, 11) is 0. The van der Waals surface area contributed by atoms with Crippen molar-refractivity contribution in [3.05, 3.63) is 36.5 Å². The van der Waals surface area contributed by atoms with E-state index in [2.05, 4.69) is 43.5 Å². The number of carbonyl (C=O) groups excluding carboxylic acids is 1. The summed E-state index contributed by atoms with van der Waals surface area (Å²) >= 11 is 0. The van der Waals surface area contributed by atoms with Crippen LogP contribution in [0.2, 0.25) is 0 Å². The first-order valence-corrected chi connectivity index (χ1v) is 29.8. The molecular weight excluding hydrogens is 811 g/mol. The zero-order chi connectivity index (χ0) is 47.9. The molecule has 0 saturated carbocycles. The topological polar surface area (TPSA) is 89.8 Å². The van der Waals surface area contributed by atoms with Crippen molar-refractivity contribution in [1.82, 2.24) is 5.32 Å². The normalized spacial score (nSPS) is 13.5. The Labute approximate surface area is 413 Å². The molecule has 0 spiro atoms. The summed E-state index contributed by atoms with van der Waals surface area (Å²) < 4.78 is 0. The van der Waals surface area contributed by atoms with Crippen molar-refractivity contribution in [2.75, 3.05) is 6.61 Å². The second kappa shape index (κ2) is 56.2. The molecule has 5 heteroatoms. The van der Waals surface area contributed by atoms with Crippen LogP contribution in [0.3, 0.4) is 0 Å². The molecule has 0 aliphatic carbocycles. The van der Waals surface area contributed by atoms with Crippen LogP contribution in [0, 0.1) is 0 Å². The highest BCUT2D eigenvalue weighted by molar-refractivity contribution is 5.80. The zero-order valence-corrected chi connectivity index (χ0v) is 44.6. The molecular formula is C61H117NO4. The highest BCUT2D eigenvalue weighted by Gasteiger charge is 2.22. The molecule has 0 fully saturated rings. The van der Waals surface area contributed by atoms with Crippen LogP contribution < -0.4 is 5.32 Å². The smallest absolute Gasteiger partial charge is 0.249 e. The number of rotatable bonds is 55. The molecule has 0 aromatic carbocycles. The fourth-order valence-electron chi connectivity index (χ4n) is 9.34. The molecule has 0 radical (unpaired) electrons. The molecule has 0 aliphatic rings. The minimum Gasteiger partial charge on any atom is -0.394 e. The van der Waals surface area contributed by atoms with Crippen molar-refractivity contribution >= 4 is 5.91 Å². The average Bonchev–Trinajstić information content (AvgIpc) is 3.32. The Kier molecular flexibility index (Phi) is 54.9. The van der Waals surface area contributed by atoms with Crippen LogP contribution in [0.15, 0.2) is 36.5 Å². The summed E-state index contributed by atoms with van der Waals surface area (Å²) in [5.74, 6) is -0.511. The van der Waals surface area contributed by atoms with Crippen LogP contribution in [0.1, 0.15) is 322 Å². The summed E-state index contributed by atoms with van der Waals surface area (Å²) in [6.07, 6.45) is 73.9. The molecule has 0 heterocycles. The molecule has 0 bridgehead atoms. The molecule has 66 heavy (non-hydrogen) atoms. The number of aliphatic hydroxyl groups is 3. The van der Waals surface area contributed by atoms with Gasteiger partial charge in [-0.2, -0.15) is 0 Å². The van der Waals surface area contributed by atoms with Crippen molar-refractivity contribution in [3.63, 3.8) is 0 Å². The van der Waals surface area contributed by atoms with Crippen molar-refractivity contribution in [1.29, 1.82) is 0 Å². The lowest BCUT2D eigenvalue weighted by atomic mass is 10.0. The van der Waals surface area contributed by atoms with Gasteiger partial charge >= 0.3 is 0 Å². The molecule has 0 saturated heterocycles. The van der Waals surface area contributed by atoms with Gasteiger partial charge in [0.05, 0.1) is 18.8 Å². The third-order valence-electron chi connectivity index (χ3n) is 14.0. The lowest BCUT2D eigenvalue weighted by Crippen LogP contribution is -2.48. The maximum atomic E-state index is 12.6. The Morgan fingerprint density at radius 2 is 0.621 bits per heavy atom. The number of hydrogen-bond acceptors (Lipinski definition) is 4. The van der Waals surface area contributed by atoms with Gasteiger partial charge in [-0.05, 0) is 44.9 Å². The van der Waals surface area contributed by atoms with Gasteiger partial charge in [0.15, 0.2) is 0 Å². The van der Waals surface area contributed by atoms with Gasteiger partial charge < -0.3 is 20.6 Å². The zero-order valence-electron chi connectivity index (χ0n) is 44.6. The Morgan fingerprint density at radius 3 is 0.924 bits per heavy atom. The van der Waals surface area contributed by atoms with E-state index in [1.54, 1.807) is 6.08 Å². The number of nitrogens with one attached hydrogen (secondary N) is 1. The Morgan fingerprint density at radius 1 is 0.364 bits per heavy atom. The maximum Gasteiger partial charge on any atom is 0.249 e. The van der Waals surface area contributed by atoms with Crippen LogP contribution in [0.5, 0.6) is 0 Å². The first kappa shape index (κ1) is 64.6. The van der Waals surface area contributed by atoms with Gasteiger partial charge in [0.25, 0.3) is 0 Å². The number of allylic oxidation sites excluding steroid dienone is 5. The standard InChI is InChI=1S/C61H117NO4/c1-3-5-7-9-11-13-15-17-19-21-23-25-27-28-29-30-31-32-34-36-38-40-42-44-46-48-50-52-54-56-60(65)61(66)62-58(57-63)59(64)55-53-51-49-47-45-43-41-39-37-35-33-26-24-22-20-18-16-14-12-10-8-6-4-2/h37,39,45,47,53,55,58-60,63-65H,3-36,38,40-44,46,48-52,54,56-57H2,1-2H3,(H,62,66)/b39-37+,47-45+,55-53+. The predicted molar refractivity (Wildman–Crippen MR) is 291 cm³/mol. The van der Waals surface area contributed by atoms with Gasteiger partial charge in [0.2, 0.25) is 5.91 Å². The average molecular weight is 929 g/mol. The van der Waals surface area contributed by atoms with E-state index in [0.29, 0.717) is 6.42 Å². The van der Waals surface area contributed by atoms with E-state index in [1.807, 2.05) is 6.08 Å². The summed E-state index contributed by atoms with van der Waals surface area (Å²) in [5.41, 5.74) is 0. The van der Waals surface area contributed by atoms with E-state index >= 15 is 0 Å². The van der Waals surface area contributed by atoms with Crippen LogP contribution in [-0.2, 0) is 4.79 Å². The van der Waals surface area contributed by atoms with E-state index in [4.69, 9.17) is 0 Å². The van der Waals surface area contributed by atoms with Crippen molar-refractivity contribution in [2.45, 2.75) is 340 Å². The lowest BCUT2D eigenvalue weighted by molar-refractivity contribution is -0.131. The first-order valence-electron chi connectivity index (χ1n) is 29.8. The first-order chi connectivity index (χ1) is 32.6. The molecule has 0 aromatic rings. The van der Waals surface area contributed by atoms with Gasteiger partial charge in [-0.3, -0.25) is 4.79 Å². The number of aliphatic hydroxyl groups excluding tert-OH is 3. The highest BCUT2D eigenvalue weighted by Crippen LogP contribution is 2.18. The minimum absolute atomic E-state index is 0.379. The third kappa shape index (κ3) is 50.4. The Bertz CT molecular complexity index is 1020. The summed E-state index contributed by atoms with van der Waals surface area (Å²) in [6.45, 7) is 4.21. The Balaban J connectivity index is 3.58. The van der Waals surface area contributed by atoms with Gasteiger partial charge in [-0.15, -0.1) is 0 Å². The molecule has 390 valence electrons. The SMILES string of the molecule is CCCCCCCCCCCCCCC/C=C/CC/C=C/CC/C=C/C(O)C(CO)NC(=O)C(O)CCCCCCCCCCCCCCCCCCCCCCCCCCCCCCC. The summed E-state index contributed by atoms with van der Waals surface area (Å²) in [5, 5.41) is 33.4. The predicted octanol–water partition coefficient (Wildman–Crippen LogP) is 18.6. The second-order valence-electron chi connectivity index (χ2n) is 20.5. The van der Waals surface area contributed by atoms with Crippen molar-refractivity contribution < 1.29 is 20.1 Å². The molecule has 1 amide bonds. The molecule has 0 rings (SSSR count). The molecule has 3 unspecified atom stereocenters. The maximum absolute atomic E-state index is 12.6. The quantitative estimate of drug-likeness (QED) is 0.0361. The number of carbonyl (C=O) groups is 1. The summed E-state index contributed by atoms with van der Waals surface area (Å²) in [4.78, 5) is 12.6. The van der Waals surface area contributed by atoms with Crippen molar-refractivity contribution in [3.8, 4) is 0 Å². The summed E-state index contributed by atoms with van der Waals surface area (Å²) in [6, 6.07) is -0.820. The second-order valence-corrected chi connectivity index (χ2v) is 20.5. The molecule has 0 aromatic heterocycles. The van der Waals surface area contributed by atoms with Crippen LogP contribution >= 0.6 is 0 Å². The Hall–Kier alpha value is -1.43. The highest BCUT2D eigenvalue weighted by atomic mass is 16.3. The van der Waals surface area contributed by atoms with E-state index in [0.717, 1.165) is 44.9 Å². The van der Waals surface area contributed by atoms with E-state index < -0.39 is 24.2 Å². The van der Waals surface area contributed by atoms with E-state index in [1.165, 1.54) is 257 Å². The van der Waals surface area contributed by atoms with Crippen LogP contribution in [0.25, 0.3) is 0 Å². The molecule has 3 atom stereocenters. The monoisotopic (exact) mass is 928 g/mol. The van der Waals surface area contributed by atoms with Gasteiger partial charge in [-0.25, -0.2) is 0 Å². The fraction of sp³-hybridized carbons (Fsp3) is 0.885. The van der Waals surface area contributed by atoms with Crippen molar-refractivity contribution in [2.24, 2.45) is 0 Å². The molecule has 4 N–H and O–H groups in total. The van der Waals surface area contributed by atoms with Gasteiger partial charge in [0.1, 0.15) is 6.10 Å². The molecule has 5 nitrogen and oxygen atoms in total. The number of amides is 1. The third-order valence-corrected chi connectivity index (χ3v) is 14.0. The number of unbranched alkanes of at least 4 members (excludes halogenated alkanes) is 43. The van der Waals surface area contributed by atoms with Gasteiger partial charge in [0, 0.05) is 0 Å². The van der Waals surface area contributed by atoms with Gasteiger partial charge in [-0.1, -0.05) is 314 Å². The van der Waals surface area contributed by atoms with E-state index in [-0.39, 0.29) is 6.61 Å². The molecule has 0 aliphatic heterocycles. The minimum atomic E-state index is -1.11. The van der Waals surface area contributed by atoms with Crippen LogP contribution in [0.4, 0.5) is 0 Å². The fourth-order valence-corrected chi connectivity index (χ4v) is 9.34. The van der Waals surface area contributed by atoms with E-state index in [9.17, 15) is 20.1 Å². The lowest BCUT2D eigenvalue weighted by Gasteiger charge is -2.21. The van der Waals surface area contributed by atoms with Crippen LogP contribution in [-0.4, -0.2) is 46.1 Å². The number of hydrogen-bond donors (Lipinski definition) is 4.